The first kappa shape index (κ1) is 17.5. The summed E-state index contributed by atoms with van der Waals surface area (Å²) in [6.07, 6.45) is 4.12. The highest BCUT2D eigenvalue weighted by Crippen LogP contribution is 2.26. The lowest BCUT2D eigenvalue weighted by Crippen LogP contribution is -2.27. The summed E-state index contributed by atoms with van der Waals surface area (Å²) in [4.78, 5) is 29.3. The minimum Gasteiger partial charge on any atom is -0.497 e. The number of thioether (sulfide) groups is 1. The summed E-state index contributed by atoms with van der Waals surface area (Å²) < 4.78 is 7.12. The molecule has 1 aromatic heterocycles. The van der Waals surface area contributed by atoms with Gasteiger partial charge in [-0.2, -0.15) is 0 Å². The van der Waals surface area contributed by atoms with E-state index in [9.17, 15) is 9.59 Å². The van der Waals surface area contributed by atoms with Crippen molar-refractivity contribution >= 4 is 22.8 Å². The van der Waals surface area contributed by atoms with Crippen LogP contribution in [0.2, 0.25) is 0 Å². The van der Waals surface area contributed by atoms with Crippen LogP contribution in [0.4, 0.5) is 0 Å². The van der Waals surface area contributed by atoms with Crippen LogP contribution in [0.5, 0.6) is 5.75 Å². The molecule has 0 spiro atoms. The number of carbonyl (C=O) groups is 2. The number of hydrogen-bond acceptors (Lipinski definition) is 5. The Morgan fingerprint density at radius 2 is 2.24 bits per heavy atom. The topological polar surface area (TPSA) is 73.2 Å². The average molecular weight is 359 g/mol. The highest BCUT2D eigenvalue weighted by atomic mass is 32.2. The van der Waals surface area contributed by atoms with Crippen LogP contribution >= 0.6 is 11.8 Å². The summed E-state index contributed by atoms with van der Waals surface area (Å²) in [5, 5.41) is 2.92. The normalized spacial score (nSPS) is 14.2. The first-order valence-electron chi connectivity index (χ1n) is 8.35. The van der Waals surface area contributed by atoms with E-state index in [1.54, 1.807) is 19.5 Å². The van der Waals surface area contributed by atoms with E-state index >= 15 is 0 Å². The molecule has 0 aliphatic carbocycles. The van der Waals surface area contributed by atoms with Gasteiger partial charge >= 0.3 is 0 Å². The molecule has 0 fully saturated rings. The van der Waals surface area contributed by atoms with E-state index in [4.69, 9.17) is 4.74 Å². The Labute approximate surface area is 151 Å². The highest BCUT2D eigenvalue weighted by Gasteiger charge is 2.22. The molecule has 1 aliphatic rings. The fourth-order valence-electron chi connectivity index (χ4n) is 2.94. The van der Waals surface area contributed by atoms with Gasteiger partial charge < -0.3 is 14.6 Å². The van der Waals surface area contributed by atoms with Crippen LogP contribution < -0.4 is 10.1 Å². The molecular weight excluding hydrogens is 338 g/mol. The van der Waals surface area contributed by atoms with E-state index in [1.807, 2.05) is 23.6 Å². The quantitative estimate of drug-likeness (QED) is 0.912. The van der Waals surface area contributed by atoms with Crippen LogP contribution in [0.3, 0.4) is 0 Å². The van der Waals surface area contributed by atoms with Crippen LogP contribution in [-0.2, 0) is 6.42 Å². The monoisotopic (exact) mass is 359 g/mol. The lowest BCUT2D eigenvalue weighted by atomic mass is 10.1. The number of nitrogens with zero attached hydrogens (tertiary/aromatic N) is 2. The molecule has 0 unspecified atom stereocenters. The van der Waals surface area contributed by atoms with Crippen LogP contribution in [0.15, 0.2) is 24.5 Å². The number of ether oxygens (including phenoxy) is 1. The Morgan fingerprint density at radius 1 is 1.40 bits per heavy atom. The summed E-state index contributed by atoms with van der Waals surface area (Å²) >= 11 is 1.26. The molecule has 132 valence electrons. The maximum absolute atomic E-state index is 12.6. The Balaban J connectivity index is 2.15. The maximum atomic E-state index is 12.6. The fourth-order valence-corrected chi connectivity index (χ4v) is 3.51. The summed E-state index contributed by atoms with van der Waals surface area (Å²) in [5.74, 6) is 1.18. The van der Waals surface area contributed by atoms with Crippen molar-refractivity contribution in [3.8, 4) is 11.4 Å². The summed E-state index contributed by atoms with van der Waals surface area (Å²) in [7, 11) is 1.57. The number of hydrogen-bond donors (Lipinski definition) is 1. The predicted molar refractivity (Wildman–Crippen MR) is 97.8 cm³/mol. The molecule has 3 rings (SSSR count). The molecule has 2 aromatic rings. The number of fused-ring (bicyclic) bond motifs is 3. The zero-order valence-electron chi connectivity index (χ0n) is 14.4. The third kappa shape index (κ3) is 3.56. The SMILES string of the molecule is CCSC(=O)c1ncn2c1CCCCNC(=O)c1cc(OC)ccc1-2. The maximum Gasteiger partial charge on any atom is 0.253 e. The second kappa shape index (κ2) is 7.74. The van der Waals surface area contributed by atoms with Gasteiger partial charge in [-0.3, -0.25) is 9.59 Å². The van der Waals surface area contributed by atoms with Crippen LogP contribution in [0.25, 0.3) is 5.69 Å². The number of methoxy groups -OCH3 is 1. The molecule has 0 radical (unpaired) electrons. The molecule has 0 saturated carbocycles. The molecular formula is C18H21N3O3S. The van der Waals surface area contributed by atoms with Gasteiger partial charge in [-0.05, 0) is 43.2 Å². The van der Waals surface area contributed by atoms with Crippen molar-refractivity contribution in [2.24, 2.45) is 0 Å². The molecule has 25 heavy (non-hydrogen) atoms. The summed E-state index contributed by atoms with van der Waals surface area (Å²) in [6.45, 7) is 2.56. The molecule has 1 N–H and O–H groups in total. The van der Waals surface area contributed by atoms with Gasteiger partial charge in [0, 0.05) is 6.54 Å². The molecule has 7 heteroatoms. The van der Waals surface area contributed by atoms with Crippen molar-refractivity contribution in [1.82, 2.24) is 14.9 Å². The zero-order valence-corrected chi connectivity index (χ0v) is 15.2. The molecule has 2 heterocycles. The van der Waals surface area contributed by atoms with Crippen molar-refractivity contribution in [2.45, 2.75) is 26.2 Å². The Kier molecular flexibility index (Phi) is 5.43. The van der Waals surface area contributed by atoms with Gasteiger partial charge in [0.05, 0.1) is 24.1 Å². The van der Waals surface area contributed by atoms with E-state index < -0.39 is 0 Å². The number of imidazole rings is 1. The van der Waals surface area contributed by atoms with Crippen LogP contribution in [0, 0.1) is 0 Å². The molecule has 1 aliphatic heterocycles. The largest absolute Gasteiger partial charge is 0.497 e. The van der Waals surface area contributed by atoms with Gasteiger partial charge in [0.15, 0.2) is 0 Å². The van der Waals surface area contributed by atoms with E-state index in [2.05, 4.69) is 10.3 Å². The molecule has 0 atom stereocenters. The molecule has 1 amide bonds. The Morgan fingerprint density at radius 3 is 3.00 bits per heavy atom. The van der Waals surface area contributed by atoms with Crippen molar-refractivity contribution in [2.75, 3.05) is 19.4 Å². The first-order valence-corrected chi connectivity index (χ1v) is 9.34. The van der Waals surface area contributed by atoms with E-state index in [0.717, 1.165) is 25.0 Å². The third-order valence-electron chi connectivity index (χ3n) is 4.17. The Hall–Kier alpha value is -2.28. The zero-order chi connectivity index (χ0) is 17.8. The number of carbonyl (C=O) groups excluding carboxylic acids is 2. The van der Waals surface area contributed by atoms with Gasteiger partial charge in [0.1, 0.15) is 17.8 Å². The van der Waals surface area contributed by atoms with Crippen LogP contribution in [-0.4, -0.2) is 40.0 Å². The smallest absolute Gasteiger partial charge is 0.253 e. The predicted octanol–water partition coefficient (Wildman–Crippen LogP) is 2.84. The van der Waals surface area contributed by atoms with Gasteiger partial charge in [0.2, 0.25) is 5.12 Å². The van der Waals surface area contributed by atoms with Crippen molar-refractivity contribution < 1.29 is 14.3 Å². The minimum absolute atomic E-state index is 0.0205. The first-order chi connectivity index (χ1) is 12.2. The van der Waals surface area contributed by atoms with Gasteiger partial charge in [-0.1, -0.05) is 18.7 Å². The standard InChI is InChI=1S/C18H21N3O3S/c1-3-25-18(23)16-15-6-4-5-9-19-17(22)13-10-12(24-2)7-8-14(13)21(15)11-20-16/h7-8,10-11H,3-6,9H2,1-2H3,(H,19,22). The molecule has 0 bridgehead atoms. The Bertz CT molecular complexity index is 801. The summed E-state index contributed by atoms with van der Waals surface area (Å²) in [6, 6.07) is 5.37. The number of amides is 1. The lowest BCUT2D eigenvalue weighted by Gasteiger charge is -2.17. The van der Waals surface area contributed by atoms with Crippen molar-refractivity contribution in [1.29, 1.82) is 0 Å². The number of rotatable bonds is 3. The number of nitrogens with one attached hydrogen (secondary N) is 1. The van der Waals surface area contributed by atoms with Gasteiger partial charge in [0.25, 0.3) is 5.91 Å². The van der Waals surface area contributed by atoms with Gasteiger partial charge in [-0.15, -0.1) is 0 Å². The molecule has 6 nitrogen and oxygen atoms in total. The number of aromatic nitrogens is 2. The third-order valence-corrected chi connectivity index (χ3v) is 4.91. The minimum atomic E-state index is -0.147. The second-order valence-corrected chi connectivity index (χ2v) is 6.96. The molecule has 0 saturated heterocycles. The van der Waals surface area contributed by atoms with Crippen molar-refractivity contribution in [3.05, 3.63) is 41.5 Å². The summed E-state index contributed by atoms with van der Waals surface area (Å²) in [5.41, 5.74) is 2.59. The highest BCUT2D eigenvalue weighted by molar-refractivity contribution is 8.14. The van der Waals surface area contributed by atoms with Crippen LogP contribution in [0.1, 0.15) is 46.3 Å². The van der Waals surface area contributed by atoms with Gasteiger partial charge in [-0.25, -0.2) is 4.98 Å². The average Bonchev–Trinajstić information content (AvgIpc) is 3.04. The lowest BCUT2D eigenvalue weighted by molar-refractivity contribution is 0.0952. The number of benzene rings is 1. The van der Waals surface area contributed by atoms with E-state index in [-0.39, 0.29) is 11.0 Å². The fraction of sp³-hybridized carbons (Fsp3) is 0.389. The second-order valence-electron chi connectivity index (χ2n) is 5.73. The molecule has 1 aromatic carbocycles. The van der Waals surface area contributed by atoms with E-state index in [0.29, 0.717) is 35.0 Å². The van der Waals surface area contributed by atoms with Crippen molar-refractivity contribution in [3.63, 3.8) is 0 Å². The van der Waals surface area contributed by atoms with E-state index in [1.165, 1.54) is 11.8 Å².